The summed E-state index contributed by atoms with van der Waals surface area (Å²) in [7, 11) is 2.07. The van der Waals surface area contributed by atoms with E-state index in [1.165, 1.54) is 12.1 Å². The summed E-state index contributed by atoms with van der Waals surface area (Å²) < 4.78 is 13.3. The third kappa shape index (κ3) is 3.23. The number of likely N-dealkylation sites (tertiary alicyclic amines) is 1. The summed E-state index contributed by atoms with van der Waals surface area (Å²) in [6, 6.07) is 4.30. The standard InChI is InChI=1S/C14H20FN3O/c1-9-8-18(2)6-5-13(9)17-14(19)10-3-4-12(16)11(15)7-10/h3-4,7,9,13H,5-6,8,16H2,1-2H3,(H,17,19). The minimum atomic E-state index is -0.552. The lowest BCUT2D eigenvalue weighted by atomic mass is 9.94. The molecule has 1 aliphatic heterocycles. The van der Waals surface area contributed by atoms with Gasteiger partial charge in [-0.3, -0.25) is 4.79 Å². The van der Waals surface area contributed by atoms with E-state index in [1.54, 1.807) is 6.07 Å². The zero-order valence-electron chi connectivity index (χ0n) is 11.3. The topological polar surface area (TPSA) is 58.4 Å². The molecule has 0 aromatic heterocycles. The number of piperidine rings is 1. The highest BCUT2D eigenvalue weighted by molar-refractivity contribution is 5.94. The lowest BCUT2D eigenvalue weighted by molar-refractivity contribution is 0.0883. The van der Waals surface area contributed by atoms with Crippen LogP contribution in [0.5, 0.6) is 0 Å². The van der Waals surface area contributed by atoms with Gasteiger partial charge in [-0.15, -0.1) is 0 Å². The Morgan fingerprint density at radius 3 is 2.89 bits per heavy atom. The van der Waals surface area contributed by atoms with Crippen molar-refractivity contribution in [3.8, 4) is 0 Å². The van der Waals surface area contributed by atoms with Crippen molar-refractivity contribution in [1.29, 1.82) is 0 Å². The Morgan fingerprint density at radius 1 is 1.53 bits per heavy atom. The van der Waals surface area contributed by atoms with E-state index in [2.05, 4.69) is 24.2 Å². The molecule has 0 spiro atoms. The van der Waals surface area contributed by atoms with Crippen LogP contribution in [-0.2, 0) is 0 Å². The molecule has 104 valence electrons. The number of nitrogens with one attached hydrogen (secondary N) is 1. The van der Waals surface area contributed by atoms with Crippen LogP contribution in [0.4, 0.5) is 10.1 Å². The van der Waals surface area contributed by atoms with Gasteiger partial charge in [-0.25, -0.2) is 4.39 Å². The van der Waals surface area contributed by atoms with Gasteiger partial charge in [-0.2, -0.15) is 0 Å². The number of rotatable bonds is 2. The Hall–Kier alpha value is -1.62. The summed E-state index contributed by atoms with van der Waals surface area (Å²) in [5, 5.41) is 2.98. The predicted molar refractivity (Wildman–Crippen MR) is 73.3 cm³/mol. The van der Waals surface area contributed by atoms with E-state index in [0.29, 0.717) is 11.5 Å². The second kappa shape index (κ2) is 5.57. The first-order valence-electron chi connectivity index (χ1n) is 6.52. The van der Waals surface area contributed by atoms with E-state index in [-0.39, 0.29) is 17.6 Å². The Balaban J connectivity index is 2.02. The van der Waals surface area contributed by atoms with Crippen LogP contribution in [0.25, 0.3) is 0 Å². The van der Waals surface area contributed by atoms with Crippen molar-refractivity contribution in [2.75, 3.05) is 25.9 Å². The number of carbonyl (C=O) groups is 1. The molecule has 2 rings (SSSR count). The van der Waals surface area contributed by atoms with Gasteiger partial charge in [0, 0.05) is 18.2 Å². The van der Waals surface area contributed by atoms with Crippen LogP contribution in [0.1, 0.15) is 23.7 Å². The molecular weight excluding hydrogens is 245 g/mol. The Bertz CT molecular complexity index is 478. The number of nitrogen functional groups attached to an aromatic ring is 1. The van der Waals surface area contributed by atoms with Gasteiger partial charge in [0.25, 0.3) is 5.91 Å². The number of nitrogens with two attached hydrogens (primary N) is 1. The number of hydrogen-bond acceptors (Lipinski definition) is 3. The smallest absolute Gasteiger partial charge is 0.251 e. The van der Waals surface area contributed by atoms with Gasteiger partial charge in [0.1, 0.15) is 5.82 Å². The van der Waals surface area contributed by atoms with Gasteiger partial charge < -0.3 is 16.0 Å². The maximum absolute atomic E-state index is 13.3. The predicted octanol–water partition coefficient (Wildman–Crippen LogP) is 1.48. The molecule has 3 N–H and O–H groups in total. The second-order valence-electron chi connectivity index (χ2n) is 5.34. The van der Waals surface area contributed by atoms with Crippen LogP contribution in [0, 0.1) is 11.7 Å². The summed E-state index contributed by atoms with van der Waals surface area (Å²) in [5.41, 5.74) is 5.78. The highest BCUT2D eigenvalue weighted by atomic mass is 19.1. The third-order valence-corrected chi connectivity index (χ3v) is 3.69. The summed E-state index contributed by atoms with van der Waals surface area (Å²) in [6.07, 6.45) is 0.918. The maximum atomic E-state index is 13.3. The van der Waals surface area contributed by atoms with Crippen molar-refractivity contribution in [2.24, 2.45) is 5.92 Å². The molecule has 1 amide bonds. The number of hydrogen-bond donors (Lipinski definition) is 2. The molecule has 1 aromatic carbocycles. The van der Waals surface area contributed by atoms with Crippen molar-refractivity contribution in [3.05, 3.63) is 29.6 Å². The molecule has 0 saturated carbocycles. The SMILES string of the molecule is CC1CN(C)CCC1NC(=O)c1ccc(N)c(F)c1. The Morgan fingerprint density at radius 2 is 2.26 bits per heavy atom. The second-order valence-corrected chi connectivity index (χ2v) is 5.34. The minimum absolute atomic E-state index is 0.0595. The summed E-state index contributed by atoms with van der Waals surface area (Å²) >= 11 is 0. The average Bonchev–Trinajstić information content (AvgIpc) is 2.36. The summed E-state index contributed by atoms with van der Waals surface area (Å²) in [6.45, 7) is 4.04. The first kappa shape index (κ1) is 13.8. The van der Waals surface area contributed by atoms with E-state index in [1.807, 2.05) is 0 Å². The number of nitrogens with zero attached hydrogens (tertiary/aromatic N) is 1. The fourth-order valence-corrected chi connectivity index (χ4v) is 2.49. The van der Waals surface area contributed by atoms with Crippen LogP contribution in [-0.4, -0.2) is 37.0 Å². The molecule has 4 nitrogen and oxygen atoms in total. The quantitative estimate of drug-likeness (QED) is 0.796. The molecule has 0 radical (unpaired) electrons. The van der Waals surface area contributed by atoms with Gasteiger partial charge in [0.2, 0.25) is 0 Å². The first-order valence-corrected chi connectivity index (χ1v) is 6.52. The van der Waals surface area contributed by atoms with Crippen LogP contribution in [0.15, 0.2) is 18.2 Å². The fourth-order valence-electron chi connectivity index (χ4n) is 2.49. The molecule has 0 aliphatic carbocycles. The lowest BCUT2D eigenvalue weighted by Gasteiger charge is -2.35. The van der Waals surface area contributed by atoms with Crippen LogP contribution < -0.4 is 11.1 Å². The molecular formula is C14H20FN3O. The van der Waals surface area contributed by atoms with E-state index >= 15 is 0 Å². The van der Waals surface area contributed by atoms with E-state index < -0.39 is 5.82 Å². The zero-order chi connectivity index (χ0) is 14.0. The van der Waals surface area contributed by atoms with E-state index in [4.69, 9.17) is 5.73 Å². The molecule has 1 saturated heterocycles. The average molecular weight is 265 g/mol. The van der Waals surface area contributed by atoms with Crippen molar-refractivity contribution in [3.63, 3.8) is 0 Å². The van der Waals surface area contributed by atoms with Crippen LogP contribution in [0.3, 0.4) is 0 Å². The van der Waals surface area contributed by atoms with Gasteiger partial charge in [-0.05, 0) is 44.1 Å². The van der Waals surface area contributed by atoms with Gasteiger partial charge in [0.05, 0.1) is 5.69 Å². The summed E-state index contributed by atoms with van der Waals surface area (Å²) in [4.78, 5) is 14.3. The van der Waals surface area contributed by atoms with Crippen LogP contribution >= 0.6 is 0 Å². The van der Waals surface area contributed by atoms with Crippen molar-refractivity contribution < 1.29 is 9.18 Å². The normalized spacial score (nSPS) is 24.2. The van der Waals surface area contributed by atoms with Crippen molar-refractivity contribution in [2.45, 2.75) is 19.4 Å². The molecule has 0 bridgehead atoms. The number of benzene rings is 1. The molecule has 1 aromatic rings. The number of anilines is 1. The maximum Gasteiger partial charge on any atom is 0.251 e. The first-order chi connectivity index (χ1) is 8.97. The van der Waals surface area contributed by atoms with Crippen molar-refractivity contribution >= 4 is 11.6 Å². The number of halogens is 1. The number of amides is 1. The third-order valence-electron chi connectivity index (χ3n) is 3.69. The highest BCUT2D eigenvalue weighted by Gasteiger charge is 2.25. The lowest BCUT2D eigenvalue weighted by Crippen LogP contribution is -2.48. The molecule has 2 unspecified atom stereocenters. The monoisotopic (exact) mass is 265 g/mol. The van der Waals surface area contributed by atoms with Gasteiger partial charge >= 0.3 is 0 Å². The zero-order valence-corrected chi connectivity index (χ0v) is 11.3. The minimum Gasteiger partial charge on any atom is -0.396 e. The largest absolute Gasteiger partial charge is 0.396 e. The Labute approximate surface area is 112 Å². The molecule has 19 heavy (non-hydrogen) atoms. The van der Waals surface area contributed by atoms with Gasteiger partial charge in [0.15, 0.2) is 0 Å². The molecule has 1 heterocycles. The van der Waals surface area contributed by atoms with E-state index in [9.17, 15) is 9.18 Å². The molecule has 5 heteroatoms. The summed E-state index contributed by atoms with van der Waals surface area (Å²) in [5.74, 6) is -0.397. The number of carbonyl (C=O) groups excluding carboxylic acids is 1. The molecule has 1 fully saturated rings. The molecule has 2 atom stereocenters. The molecule has 1 aliphatic rings. The van der Waals surface area contributed by atoms with Crippen LogP contribution in [0.2, 0.25) is 0 Å². The highest BCUT2D eigenvalue weighted by Crippen LogP contribution is 2.17. The van der Waals surface area contributed by atoms with Crippen molar-refractivity contribution in [1.82, 2.24) is 10.2 Å². The van der Waals surface area contributed by atoms with E-state index in [0.717, 1.165) is 19.5 Å². The Kier molecular flexibility index (Phi) is 4.04. The fraction of sp³-hybridized carbons (Fsp3) is 0.500. The van der Waals surface area contributed by atoms with Gasteiger partial charge in [-0.1, -0.05) is 6.92 Å².